The Hall–Kier alpha value is -0.170. The molecule has 1 saturated heterocycles. The fourth-order valence-corrected chi connectivity index (χ4v) is 3.03. The van der Waals surface area contributed by atoms with Gasteiger partial charge in [0.25, 0.3) is 0 Å². The van der Waals surface area contributed by atoms with Gasteiger partial charge in [-0.3, -0.25) is 0 Å². The van der Waals surface area contributed by atoms with Crippen LogP contribution in [0.3, 0.4) is 0 Å². The first-order chi connectivity index (χ1) is 7.10. The molecule has 0 bridgehead atoms. The molecule has 0 aromatic heterocycles. The second kappa shape index (κ2) is 5.79. The van der Waals surface area contributed by atoms with Crippen molar-refractivity contribution in [2.45, 2.75) is 19.4 Å². The van der Waals surface area contributed by atoms with Crippen LogP contribution in [0.15, 0.2) is 0 Å². The maximum atomic E-state index is 11.8. The van der Waals surface area contributed by atoms with Crippen LogP contribution in [0.1, 0.15) is 13.3 Å². The maximum absolute atomic E-state index is 11.8. The third kappa shape index (κ3) is 3.71. The zero-order valence-corrected chi connectivity index (χ0v) is 10.2. The van der Waals surface area contributed by atoms with Crippen molar-refractivity contribution in [3.63, 3.8) is 0 Å². The van der Waals surface area contributed by atoms with E-state index in [4.69, 9.17) is 4.74 Å². The topological polar surface area (TPSA) is 58.6 Å². The van der Waals surface area contributed by atoms with Crippen molar-refractivity contribution in [2.75, 3.05) is 39.1 Å². The Bertz CT molecular complexity index is 279. The van der Waals surface area contributed by atoms with Crippen LogP contribution in [0, 0.1) is 0 Å². The van der Waals surface area contributed by atoms with Gasteiger partial charge in [-0.25, -0.2) is 12.7 Å². The minimum Gasteiger partial charge on any atom is -0.381 e. The Morgan fingerprint density at radius 2 is 2.27 bits per heavy atom. The molecule has 1 fully saturated rings. The number of sulfonamides is 1. The highest BCUT2D eigenvalue weighted by Gasteiger charge is 2.29. The van der Waals surface area contributed by atoms with E-state index in [2.05, 4.69) is 5.32 Å². The smallest absolute Gasteiger partial charge is 0.216 e. The summed E-state index contributed by atoms with van der Waals surface area (Å²) < 4.78 is 30.2. The molecule has 1 aliphatic rings. The van der Waals surface area contributed by atoms with Crippen molar-refractivity contribution < 1.29 is 13.2 Å². The van der Waals surface area contributed by atoms with E-state index >= 15 is 0 Å². The van der Waals surface area contributed by atoms with Gasteiger partial charge in [0.2, 0.25) is 10.0 Å². The summed E-state index contributed by atoms with van der Waals surface area (Å²) in [4.78, 5) is 0. The number of likely N-dealkylation sites (N-methyl/N-ethyl adjacent to an activating group) is 1. The molecule has 6 heteroatoms. The lowest BCUT2D eigenvalue weighted by Crippen LogP contribution is -2.35. The van der Waals surface area contributed by atoms with Crippen LogP contribution in [-0.2, 0) is 14.8 Å². The van der Waals surface area contributed by atoms with Gasteiger partial charge in [-0.1, -0.05) is 0 Å². The maximum Gasteiger partial charge on any atom is 0.216 e. The highest BCUT2D eigenvalue weighted by Crippen LogP contribution is 2.13. The number of hydrogen-bond donors (Lipinski definition) is 1. The minimum absolute atomic E-state index is 0.0945. The fourth-order valence-electron chi connectivity index (χ4n) is 1.65. The predicted octanol–water partition coefficient (Wildman–Crippen LogP) is -0.354. The average Bonchev–Trinajstić information content (AvgIpc) is 2.66. The molecule has 1 N–H and O–H groups in total. The van der Waals surface area contributed by atoms with E-state index in [9.17, 15) is 8.42 Å². The first-order valence-electron chi connectivity index (χ1n) is 5.33. The van der Waals surface area contributed by atoms with Crippen LogP contribution in [-0.4, -0.2) is 57.9 Å². The Morgan fingerprint density at radius 1 is 1.53 bits per heavy atom. The second-order valence-corrected chi connectivity index (χ2v) is 5.73. The summed E-state index contributed by atoms with van der Waals surface area (Å²) in [5, 5.41) is 3.10. The van der Waals surface area contributed by atoms with Crippen LogP contribution in [0.5, 0.6) is 0 Å². The number of nitrogens with zero attached hydrogens (tertiary/aromatic N) is 1. The number of ether oxygens (including phenoxy) is 1. The Balaban J connectivity index is 2.41. The molecular weight excluding hydrogens is 216 g/mol. The van der Waals surface area contributed by atoms with Gasteiger partial charge in [0, 0.05) is 25.7 Å². The molecule has 15 heavy (non-hydrogen) atoms. The first-order valence-corrected chi connectivity index (χ1v) is 6.94. The van der Waals surface area contributed by atoms with Gasteiger partial charge >= 0.3 is 0 Å². The van der Waals surface area contributed by atoms with Gasteiger partial charge in [-0.15, -0.1) is 0 Å². The molecular formula is C9H20N2O3S. The molecule has 0 aromatic carbocycles. The van der Waals surface area contributed by atoms with Gasteiger partial charge in [-0.05, 0) is 20.4 Å². The van der Waals surface area contributed by atoms with Gasteiger partial charge < -0.3 is 10.1 Å². The lowest BCUT2D eigenvalue weighted by atomic mass is 10.3. The Labute approximate surface area is 91.8 Å². The molecule has 0 aliphatic carbocycles. The van der Waals surface area contributed by atoms with Crippen molar-refractivity contribution in [3.8, 4) is 0 Å². The largest absolute Gasteiger partial charge is 0.381 e. The summed E-state index contributed by atoms with van der Waals surface area (Å²) in [5.74, 6) is 0.0945. The van der Waals surface area contributed by atoms with Crippen LogP contribution in [0.2, 0.25) is 0 Å². The third-order valence-electron chi connectivity index (χ3n) is 2.64. The van der Waals surface area contributed by atoms with Crippen molar-refractivity contribution >= 4 is 10.0 Å². The Kier molecular flexibility index (Phi) is 4.98. The van der Waals surface area contributed by atoms with E-state index in [0.717, 1.165) is 6.42 Å². The highest BCUT2D eigenvalue weighted by atomic mass is 32.2. The summed E-state index contributed by atoms with van der Waals surface area (Å²) in [6.07, 6.45) is 0.893. The van der Waals surface area contributed by atoms with E-state index in [1.54, 1.807) is 4.31 Å². The van der Waals surface area contributed by atoms with Gasteiger partial charge in [0.05, 0.1) is 12.4 Å². The summed E-state index contributed by atoms with van der Waals surface area (Å²) in [5.41, 5.74) is 0. The molecule has 1 rings (SSSR count). The molecule has 0 saturated carbocycles. The van der Waals surface area contributed by atoms with Crippen LogP contribution in [0.4, 0.5) is 0 Å². The van der Waals surface area contributed by atoms with E-state index in [0.29, 0.717) is 32.3 Å². The normalized spacial score (nSPS) is 23.5. The molecule has 1 unspecified atom stereocenters. The van der Waals surface area contributed by atoms with E-state index < -0.39 is 10.0 Å². The van der Waals surface area contributed by atoms with Gasteiger partial charge in [0.1, 0.15) is 0 Å². The van der Waals surface area contributed by atoms with E-state index in [1.807, 2.05) is 14.0 Å². The number of rotatable bonds is 6. The average molecular weight is 236 g/mol. The molecule has 1 heterocycles. The molecule has 0 spiro atoms. The van der Waals surface area contributed by atoms with Gasteiger partial charge in [-0.2, -0.15) is 0 Å². The third-order valence-corrected chi connectivity index (χ3v) is 4.44. The molecule has 0 amide bonds. The number of hydrogen-bond acceptors (Lipinski definition) is 4. The number of nitrogens with one attached hydrogen (secondary N) is 1. The summed E-state index contributed by atoms with van der Waals surface area (Å²) in [7, 11) is -1.24. The summed E-state index contributed by atoms with van der Waals surface area (Å²) >= 11 is 0. The standard InChI is InChI=1S/C9H20N2O3S/c1-3-14-6-7-15(12,13)11-5-4-9(8-11)10-2/h9-10H,3-8H2,1-2H3. The van der Waals surface area contributed by atoms with Crippen molar-refractivity contribution in [3.05, 3.63) is 0 Å². The first kappa shape index (κ1) is 12.9. The van der Waals surface area contributed by atoms with Crippen LogP contribution in [0.25, 0.3) is 0 Å². The van der Waals surface area contributed by atoms with Crippen LogP contribution < -0.4 is 5.32 Å². The fraction of sp³-hybridized carbons (Fsp3) is 1.00. The summed E-state index contributed by atoms with van der Waals surface area (Å²) in [6.45, 7) is 3.93. The minimum atomic E-state index is -3.11. The van der Waals surface area contributed by atoms with Gasteiger partial charge in [0.15, 0.2) is 0 Å². The Morgan fingerprint density at radius 3 is 2.80 bits per heavy atom. The summed E-state index contributed by atoms with van der Waals surface area (Å²) in [6, 6.07) is 0.298. The van der Waals surface area contributed by atoms with Crippen molar-refractivity contribution in [1.82, 2.24) is 9.62 Å². The monoisotopic (exact) mass is 236 g/mol. The second-order valence-electron chi connectivity index (χ2n) is 3.65. The molecule has 90 valence electrons. The SMILES string of the molecule is CCOCCS(=O)(=O)N1CCC(NC)C1. The quantitative estimate of drug-likeness (QED) is 0.640. The van der Waals surface area contributed by atoms with Crippen LogP contribution >= 0.6 is 0 Å². The molecule has 5 nitrogen and oxygen atoms in total. The molecule has 1 atom stereocenters. The van der Waals surface area contributed by atoms with E-state index in [1.165, 1.54) is 0 Å². The lowest BCUT2D eigenvalue weighted by Gasteiger charge is -2.16. The van der Waals surface area contributed by atoms with E-state index in [-0.39, 0.29) is 5.75 Å². The molecule has 0 radical (unpaired) electrons. The predicted molar refractivity (Wildman–Crippen MR) is 59.3 cm³/mol. The lowest BCUT2D eigenvalue weighted by molar-refractivity contribution is 0.162. The zero-order chi connectivity index (χ0) is 11.3. The molecule has 0 aromatic rings. The molecule has 1 aliphatic heterocycles. The zero-order valence-electron chi connectivity index (χ0n) is 9.40. The van der Waals surface area contributed by atoms with Crippen molar-refractivity contribution in [2.24, 2.45) is 0 Å². The van der Waals surface area contributed by atoms with Crippen molar-refractivity contribution in [1.29, 1.82) is 0 Å². The highest BCUT2D eigenvalue weighted by molar-refractivity contribution is 7.89.